The minimum absolute atomic E-state index is 0.206. The highest BCUT2D eigenvalue weighted by molar-refractivity contribution is 9.10. The number of anilines is 1. The van der Waals surface area contributed by atoms with Gasteiger partial charge in [0.1, 0.15) is 23.2 Å². The summed E-state index contributed by atoms with van der Waals surface area (Å²) < 4.78 is 6.63. The van der Waals surface area contributed by atoms with Crippen molar-refractivity contribution < 1.29 is 4.74 Å². The third kappa shape index (κ3) is 3.35. The number of nitriles is 1. The van der Waals surface area contributed by atoms with Crippen LogP contribution in [0.4, 0.5) is 5.82 Å². The first-order valence-corrected chi connectivity index (χ1v) is 8.62. The zero-order chi connectivity index (χ0) is 17.8. The van der Waals surface area contributed by atoms with Gasteiger partial charge in [0.25, 0.3) is 0 Å². The van der Waals surface area contributed by atoms with E-state index in [1.54, 1.807) is 0 Å². The van der Waals surface area contributed by atoms with E-state index in [1.165, 1.54) is 0 Å². The molecule has 0 saturated carbocycles. The molecule has 2 N–H and O–H groups in total. The van der Waals surface area contributed by atoms with Crippen molar-refractivity contribution in [2.24, 2.45) is 0 Å². The smallest absolute Gasteiger partial charge is 0.142 e. The number of nitrogens with two attached hydrogens (primary N) is 1. The van der Waals surface area contributed by atoms with Gasteiger partial charge in [-0.05, 0) is 25.1 Å². The molecule has 2 aromatic carbocycles. The van der Waals surface area contributed by atoms with Crippen LogP contribution in [0, 0.1) is 11.3 Å². The van der Waals surface area contributed by atoms with Crippen LogP contribution in [0.25, 0.3) is 22.4 Å². The Bertz CT molecular complexity index is 963. The van der Waals surface area contributed by atoms with Crippen molar-refractivity contribution in [3.8, 4) is 34.2 Å². The quantitative estimate of drug-likeness (QED) is 0.674. The molecule has 0 aliphatic rings. The number of ether oxygens (including phenoxy) is 1. The number of para-hydroxylation sites is 1. The number of nitrogens with zero attached hydrogens (tertiary/aromatic N) is 2. The van der Waals surface area contributed by atoms with Crippen LogP contribution in [0.1, 0.15) is 12.5 Å². The summed E-state index contributed by atoms with van der Waals surface area (Å²) in [5, 5.41) is 9.58. The second-order valence-corrected chi connectivity index (χ2v) is 6.19. The maximum atomic E-state index is 9.58. The Labute approximate surface area is 155 Å². The summed E-state index contributed by atoms with van der Waals surface area (Å²) in [7, 11) is 0. The number of rotatable bonds is 4. The van der Waals surface area contributed by atoms with Crippen molar-refractivity contribution >= 4 is 21.7 Å². The van der Waals surface area contributed by atoms with Gasteiger partial charge in [-0.3, -0.25) is 0 Å². The average molecular weight is 394 g/mol. The van der Waals surface area contributed by atoms with Crippen molar-refractivity contribution in [1.82, 2.24) is 4.98 Å². The van der Waals surface area contributed by atoms with E-state index in [2.05, 4.69) is 27.0 Å². The molecule has 0 fully saturated rings. The van der Waals surface area contributed by atoms with E-state index >= 15 is 0 Å². The van der Waals surface area contributed by atoms with Gasteiger partial charge in [0.05, 0.1) is 12.3 Å². The lowest BCUT2D eigenvalue weighted by Gasteiger charge is -2.14. The SMILES string of the molecule is CCOc1ccccc1-c1cc(-c2ccccc2Br)nc(N)c1C#N. The van der Waals surface area contributed by atoms with Gasteiger partial charge in [0.2, 0.25) is 0 Å². The van der Waals surface area contributed by atoms with Gasteiger partial charge < -0.3 is 10.5 Å². The lowest BCUT2D eigenvalue weighted by atomic mass is 9.97. The Kier molecular flexibility index (Phi) is 5.01. The van der Waals surface area contributed by atoms with Crippen LogP contribution in [0.15, 0.2) is 59.1 Å². The molecule has 0 unspecified atom stereocenters. The minimum atomic E-state index is 0.206. The molecule has 4 nitrogen and oxygen atoms in total. The Morgan fingerprint density at radius 2 is 1.76 bits per heavy atom. The molecule has 0 bridgehead atoms. The van der Waals surface area contributed by atoms with Crippen LogP contribution in [0.3, 0.4) is 0 Å². The van der Waals surface area contributed by atoms with Crippen molar-refractivity contribution in [3.63, 3.8) is 0 Å². The van der Waals surface area contributed by atoms with Gasteiger partial charge in [-0.2, -0.15) is 5.26 Å². The Balaban J connectivity index is 2.27. The van der Waals surface area contributed by atoms with Crippen LogP contribution >= 0.6 is 15.9 Å². The molecule has 3 rings (SSSR count). The molecule has 0 radical (unpaired) electrons. The monoisotopic (exact) mass is 393 g/mol. The van der Waals surface area contributed by atoms with Crippen molar-refractivity contribution in [2.45, 2.75) is 6.92 Å². The number of halogens is 1. The summed E-state index contributed by atoms with van der Waals surface area (Å²) in [6.07, 6.45) is 0. The number of nitrogen functional groups attached to an aromatic ring is 1. The lowest BCUT2D eigenvalue weighted by molar-refractivity contribution is 0.341. The standard InChI is InChI=1S/C20H16BrN3O/c1-2-25-19-10-6-4-7-13(19)15-11-18(24-20(23)16(15)12-22)14-8-3-5-9-17(14)21/h3-11H,2H2,1H3,(H2,23,24). The second-order valence-electron chi connectivity index (χ2n) is 5.34. The fourth-order valence-electron chi connectivity index (χ4n) is 2.67. The normalized spacial score (nSPS) is 10.3. The van der Waals surface area contributed by atoms with Crippen molar-refractivity contribution in [3.05, 3.63) is 64.6 Å². The summed E-state index contributed by atoms with van der Waals surface area (Å²) >= 11 is 3.54. The molecule has 5 heteroatoms. The van der Waals surface area contributed by atoms with E-state index in [-0.39, 0.29) is 5.82 Å². The Morgan fingerprint density at radius 3 is 2.44 bits per heavy atom. The fourth-order valence-corrected chi connectivity index (χ4v) is 3.16. The van der Waals surface area contributed by atoms with E-state index in [0.29, 0.717) is 29.2 Å². The third-order valence-corrected chi connectivity index (χ3v) is 4.48. The van der Waals surface area contributed by atoms with Gasteiger partial charge in [0, 0.05) is 21.2 Å². The van der Waals surface area contributed by atoms with E-state index < -0.39 is 0 Å². The molecular formula is C20H16BrN3O. The topological polar surface area (TPSA) is 71.9 Å². The summed E-state index contributed by atoms with van der Waals surface area (Å²) in [5.74, 6) is 0.919. The summed E-state index contributed by atoms with van der Waals surface area (Å²) in [6.45, 7) is 2.46. The predicted octanol–water partition coefficient (Wildman–Crippen LogP) is 5.03. The predicted molar refractivity (Wildman–Crippen MR) is 103 cm³/mol. The molecule has 0 atom stereocenters. The van der Waals surface area contributed by atoms with Gasteiger partial charge in [-0.15, -0.1) is 0 Å². The zero-order valence-electron chi connectivity index (χ0n) is 13.7. The van der Waals surface area contributed by atoms with Crippen LogP contribution in [-0.4, -0.2) is 11.6 Å². The molecule has 3 aromatic rings. The summed E-state index contributed by atoms with van der Waals surface area (Å²) in [5.41, 5.74) is 9.59. The van der Waals surface area contributed by atoms with E-state index in [1.807, 2.05) is 61.5 Å². The van der Waals surface area contributed by atoms with Crippen molar-refractivity contribution in [2.75, 3.05) is 12.3 Å². The molecule has 25 heavy (non-hydrogen) atoms. The van der Waals surface area contributed by atoms with Gasteiger partial charge in [-0.25, -0.2) is 4.98 Å². The molecule has 0 saturated heterocycles. The Morgan fingerprint density at radius 1 is 1.08 bits per heavy atom. The van der Waals surface area contributed by atoms with Gasteiger partial charge in [-0.1, -0.05) is 52.3 Å². The van der Waals surface area contributed by atoms with Crippen LogP contribution in [-0.2, 0) is 0 Å². The highest BCUT2D eigenvalue weighted by atomic mass is 79.9. The van der Waals surface area contributed by atoms with Crippen LogP contribution in [0.2, 0.25) is 0 Å². The zero-order valence-corrected chi connectivity index (χ0v) is 15.2. The lowest BCUT2D eigenvalue weighted by Crippen LogP contribution is -2.01. The molecule has 0 spiro atoms. The summed E-state index contributed by atoms with van der Waals surface area (Å²) in [4.78, 5) is 4.42. The average Bonchev–Trinajstić information content (AvgIpc) is 2.62. The summed E-state index contributed by atoms with van der Waals surface area (Å²) in [6, 6.07) is 19.4. The van der Waals surface area contributed by atoms with E-state index in [9.17, 15) is 5.26 Å². The molecule has 0 aliphatic carbocycles. The molecule has 124 valence electrons. The first kappa shape index (κ1) is 17.0. The number of aromatic nitrogens is 1. The maximum Gasteiger partial charge on any atom is 0.142 e. The van der Waals surface area contributed by atoms with Gasteiger partial charge in [0.15, 0.2) is 0 Å². The van der Waals surface area contributed by atoms with Gasteiger partial charge >= 0.3 is 0 Å². The van der Waals surface area contributed by atoms with E-state index in [4.69, 9.17) is 10.5 Å². The van der Waals surface area contributed by atoms with Crippen LogP contribution in [0.5, 0.6) is 5.75 Å². The molecular weight excluding hydrogens is 378 g/mol. The number of hydrogen-bond donors (Lipinski definition) is 1. The molecule has 1 aromatic heterocycles. The third-order valence-electron chi connectivity index (χ3n) is 3.79. The minimum Gasteiger partial charge on any atom is -0.493 e. The van der Waals surface area contributed by atoms with E-state index in [0.717, 1.165) is 15.6 Å². The number of benzene rings is 2. The van der Waals surface area contributed by atoms with Crippen molar-refractivity contribution in [1.29, 1.82) is 5.26 Å². The highest BCUT2D eigenvalue weighted by Gasteiger charge is 2.17. The highest BCUT2D eigenvalue weighted by Crippen LogP contribution is 2.37. The van der Waals surface area contributed by atoms with Crippen LogP contribution < -0.4 is 10.5 Å². The fraction of sp³-hybridized carbons (Fsp3) is 0.100. The largest absolute Gasteiger partial charge is 0.493 e. The first-order chi connectivity index (χ1) is 12.2. The number of pyridine rings is 1. The maximum absolute atomic E-state index is 9.58. The first-order valence-electron chi connectivity index (χ1n) is 7.83. The molecule has 0 amide bonds. The Hall–Kier alpha value is -2.84. The second kappa shape index (κ2) is 7.37. The molecule has 0 aliphatic heterocycles. The molecule has 1 heterocycles. The number of hydrogen-bond acceptors (Lipinski definition) is 4.